The highest BCUT2D eigenvalue weighted by atomic mass is 79.9. The van der Waals surface area contributed by atoms with Gasteiger partial charge in [-0.25, -0.2) is 4.98 Å². The van der Waals surface area contributed by atoms with E-state index in [0.29, 0.717) is 0 Å². The maximum absolute atomic E-state index is 4.65. The van der Waals surface area contributed by atoms with Gasteiger partial charge in [-0.15, -0.1) is 11.3 Å². The van der Waals surface area contributed by atoms with Crippen LogP contribution in [0.4, 0.5) is 5.13 Å². The van der Waals surface area contributed by atoms with Gasteiger partial charge >= 0.3 is 0 Å². The quantitative estimate of drug-likeness (QED) is 0.834. The van der Waals surface area contributed by atoms with Crippen molar-refractivity contribution in [3.05, 3.63) is 33.6 Å². The summed E-state index contributed by atoms with van der Waals surface area (Å²) < 4.78 is 1.09. The van der Waals surface area contributed by atoms with Crippen LogP contribution in [-0.2, 0) is 0 Å². The van der Waals surface area contributed by atoms with E-state index >= 15 is 0 Å². The molecule has 1 aromatic heterocycles. The zero-order chi connectivity index (χ0) is 11.7. The zero-order valence-corrected chi connectivity index (χ0v) is 11.9. The van der Waals surface area contributed by atoms with E-state index in [4.69, 9.17) is 0 Å². The third-order valence-electron chi connectivity index (χ3n) is 2.30. The molecule has 0 unspecified atom stereocenters. The van der Waals surface area contributed by atoms with E-state index in [0.717, 1.165) is 20.9 Å². The average molecular weight is 297 g/mol. The second-order valence-electron chi connectivity index (χ2n) is 3.78. The van der Waals surface area contributed by atoms with Gasteiger partial charge in [0.1, 0.15) is 0 Å². The van der Waals surface area contributed by atoms with Crippen molar-refractivity contribution in [2.24, 2.45) is 0 Å². The Hall–Kier alpha value is -0.870. The van der Waals surface area contributed by atoms with Crippen molar-refractivity contribution in [3.8, 4) is 11.3 Å². The molecule has 0 fully saturated rings. The number of thiazole rings is 1. The lowest BCUT2D eigenvalue weighted by Gasteiger charge is -2.05. The first-order valence-electron chi connectivity index (χ1n) is 4.99. The SMILES string of the molecule is Cc1sc(N(C)C)nc1-c1ccccc1Br. The number of hydrogen-bond donors (Lipinski definition) is 0. The van der Waals surface area contributed by atoms with Crippen LogP contribution in [0.2, 0.25) is 0 Å². The number of nitrogens with zero attached hydrogens (tertiary/aromatic N) is 2. The summed E-state index contributed by atoms with van der Waals surface area (Å²) in [6.45, 7) is 2.11. The van der Waals surface area contributed by atoms with Crippen molar-refractivity contribution in [2.45, 2.75) is 6.92 Å². The first-order chi connectivity index (χ1) is 7.59. The van der Waals surface area contributed by atoms with Crippen molar-refractivity contribution in [3.63, 3.8) is 0 Å². The van der Waals surface area contributed by atoms with E-state index in [9.17, 15) is 0 Å². The molecule has 2 aromatic rings. The summed E-state index contributed by atoms with van der Waals surface area (Å²) >= 11 is 5.28. The minimum absolute atomic E-state index is 1.04. The zero-order valence-electron chi connectivity index (χ0n) is 9.49. The number of aromatic nitrogens is 1. The molecule has 0 bridgehead atoms. The van der Waals surface area contributed by atoms with Crippen LogP contribution in [0.3, 0.4) is 0 Å². The molecule has 0 N–H and O–H groups in total. The second-order valence-corrected chi connectivity index (χ2v) is 5.81. The van der Waals surface area contributed by atoms with Crippen LogP contribution in [0.15, 0.2) is 28.7 Å². The van der Waals surface area contributed by atoms with Gasteiger partial charge in [-0.1, -0.05) is 34.1 Å². The molecule has 0 saturated carbocycles. The molecule has 0 radical (unpaired) electrons. The van der Waals surface area contributed by atoms with Gasteiger partial charge in [0.25, 0.3) is 0 Å². The molecule has 16 heavy (non-hydrogen) atoms. The Bertz CT molecular complexity index is 505. The second kappa shape index (κ2) is 4.55. The summed E-state index contributed by atoms with van der Waals surface area (Å²) in [7, 11) is 4.03. The van der Waals surface area contributed by atoms with Gasteiger partial charge in [0, 0.05) is 29.0 Å². The van der Waals surface area contributed by atoms with E-state index < -0.39 is 0 Å². The predicted molar refractivity (Wildman–Crippen MR) is 74.3 cm³/mol. The molecule has 0 aliphatic carbocycles. The standard InChI is InChI=1S/C12H13BrN2S/c1-8-11(14-12(16-8)15(2)3)9-6-4-5-7-10(9)13/h4-7H,1-3H3. The number of rotatable bonds is 2. The van der Waals surface area contributed by atoms with E-state index in [2.05, 4.69) is 33.9 Å². The highest BCUT2D eigenvalue weighted by Crippen LogP contribution is 2.35. The molecular formula is C12H13BrN2S. The highest BCUT2D eigenvalue weighted by Gasteiger charge is 2.12. The molecule has 0 spiro atoms. The average Bonchev–Trinajstić information content (AvgIpc) is 2.61. The van der Waals surface area contributed by atoms with Gasteiger partial charge in [0.15, 0.2) is 5.13 Å². The monoisotopic (exact) mass is 296 g/mol. The van der Waals surface area contributed by atoms with Gasteiger partial charge in [0.2, 0.25) is 0 Å². The Morgan fingerprint density at radius 1 is 1.25 bits per heavy atom. The first-order valence-corrected chi connectivity index (χ1v) is 6.60. The molecule has 1 heterocycles. The van der Waals surface area contributed by atoms with Crippen LogP contribution in [-0.4, -0.2) is 19.1 Å². The lowest BCUT2D eigenvalue weighted by atomic mass is 10.1. The number of benzene rings is 1. The summed E-state index contributed by atoms with van der Waals surface area (Å²) in [5, 5.41) is 1.04. The van der Waals surface area contributed by atoms with Crippen LogP contribution in [0, 0.1) is 6.92 Å². The molecule has 2 nitrogen and oxygen atoms in total. The summed E-state index contributed by atoms with van der Waals surface area (Å²) in [5.41, 5.74) is 2.23. The van der Waals surface area contributed by atoms with E-state index in [1.54, 1.807) is 11.3 Å². The van der Waals surface area contributed by atoms with E-state index in [-0.39, 0.29) is 0 Å². The fourth-order valence-corrected chi connectivity index (χ4v) is 2.80. The van der Waals surface area contributed by atoms with Crippen molar-refractivity contribution in [1.29, 1.82) is 0 Å². The summed E-state index contributed by atoms with van der Waals surface area (Å²) in [4.78, 5) is 7.94. The summed E-state index contributed by atoms with van der Waals surface area (Å²) in [6.07, 6.45) is 0. The Morgan fingerprint density at radius 3 is 2.50 bits per heavy atom. The van der Waals surface area contributed by atoms with Gasteiger partial charge in [-0.3, -0.25) is 0 Å². The smallest absolute Gasteiger partial charge is 0.185 e. The Balaban J connectivity index is 2.52. The predicted octanol–water partition coefficient (Wildman–Crippen LogP) is 3.95. The minimum atomic E-state index is 1.04. The molecule has 2 rings (SSSR count). The molecule has 0 atom stereocenters. The van der Waals surface area contributed by atoms with Crippen molar-refractivity contribution < 1.29 is 0 Å². The van der Waals surface area contributed by atoms with Gasteiger partial charge in [0.05, 0.1) is 5.69 Å². The van der Waals surface area contributed by atoms with Gasteiger partial charge in [-0.2, -0.15) is 0 Å². The molecule has 84 valence electrons. The number of aryl methyl sites for hydroxylation is 1. The van der Waals surface area contributed by atoms with E-state index in [1.807, 2.05) is 37.2 Å². The molecule has 1 aromatic carbocycles. The third-order valence-corrected chi connectivity index (χ3v) is 4.13. The molecule has 0 aliphatic rings. The van der Waals surface area contributed by atoms with Crippen molar-refractivity contribution in [2.75, 3.05) is 19.0 Å². The molecule has 0 aliphatic heterocycles. The van der Waals surface area contributed by atoms with Crippen LogP contribution >= 0.6 is 27.3 Å². The van der Waals surface area contributed by atoms with E-state index in [1.165, 1.54) is 4.88 Å². The van der Waals surface area contributed by atoms with Crippen molar-refractivity contribution in [1.82, 2.24) is 4.98 Å². The fraction of sp³-hybridized carbons (Fsp3) is 0.250. The van der Waals surface area contributed by atoms with Crippen LogP contribution in [0.5, 0.6) is 0 Å². The molecule has 0 saturated heterocycles. The van der Waals surface area contributed by atoms with Gasteiger partial charge in [-0.05, 0) is 13.0 Å². The minimum Gasteiger partial charge on any atom is -0.354 e. The fourth-order valence-electron chi connectivity index (χ4n) is 1.48. The normalized spacial score (nSPS) is 10.5. The topological polar surface area (TPSA) is 16.1 Å². The van der Waals surface area contributed by atoms with Crippen LogP contribution < -0.4 is 4.90 Å². The maximum atomic E-state index is 4.65. The van der Waals surface area contributed by atoms with Gasteiger partial charge < -0.3 is 4.90 Å². The third kappa shape index (κ3) is 2.13. The summed E-state index contributed by atoms with van der Waals surface area (Å²) in [5.74, 6) is 0. The highest BCUT2D eigenvalue weighted by molar-refractivity contribution is 9.10. The molecular weight excluding hydrogens is 284 g/mol. The van der Waals surface area contributed by atoms with Crippen LogP contribution in [0.1, 0.15) is 4.88 Å². The maximum Gasteiger partial charge on any atom is 0.185 e. The summed E-state index contributed by atoms with van der Waals surface area (Å²) in [6, 6.07) is 8.19. The number of anilines is 1. The first kappa shape index (κ1) is 11.6. The Kier molecular flexibility index (Phi) is 3.30. The molecule has 0 amide bonds. The van der Waals surface area contributed by atoms with Crippen LogP contribution in [0.25, 0.3) is 11.3 Å². The lowest BCUT2D eigenvalue weighted by molar-refractivity contribution is 1.11. The van der Waals surface area contributed by atoms with Crippen molar-refractivity contribution >= 4 is 32.4 Å². The Labute approximate surface area is 108 Å². The largest absolute Gasteiger partial charge is 0.354 e. The number of halogens is 1. The Morgan fingerprint density at radius 2 is 1.94 bits per heavy atom. The lowest BCUT2D eigenvalue weighted by Crippen LogP contribution is -2.07. The molecule has 4 heteroatoms. The number of hydrogen-bond acceptors (Lipinski definition) is 3.